The SMILES string of the molecule is CC1(C)Oc2ccccc2N(CCC(=O)NCCCCCCCCCCC(=O)O)C1=O. The van der Waals surface area contributed by atoms with Crippen LogP contribution in [0.4, 0.5) is 5.69 Å². The Morgan fingerprint density at radius 3 is 2.26 bits per heavy atom. The van der Waals surface area contributed by atoms with E-state index in [1.807, 2.05) is 24.3 Å². The van der Waals surface area contributed by atoms with Gasteiger partial charge in [-0.3, -0.25) is 14.4 Å². The number of carbonyl (C=O) groups excluding carboxylic acids is 2. The minimum atomic E-state index is -0.943. The van der Waals surface area contributed by atoms with Gasteiger partial charge >= 0.3 is 5.97 Å². The number of nitrogens with one attached hydrogen (secondary N) is 1. The van der Waals surface area contributed by atoms with Crippen molar-refractivity contribution in [3.8, 4) is 5.75 Å². The number of hydrogen-bond donors (Lipinski definition) is 2. The number of carboxylic acids is 1. The minimum absolute atomic E-state index is 0.0481. The third-order valence-corrected chi connectivity index (χ3v) is 5.48. The van der Waals surface area contributed by atoms with Crippen LogP contribution in [0.5, 0.6) is 5.75 Å². The molecule has 172 valence electrons. The van der Waals surface area contributed by atoms with Gasteiger partial charge in [0.1, 0.15) is 5.75 Å². The molecule has 2 N–H and O–H groups in total. The summed E-state index contributed by atoms with van der Waals surface area (Å²) in [6.07, 6.45) is 8.78. The Hall–Kier alpha value is -2.57. The van der Waals surface area contributed by atoms with E-state index in [2.05, 4.69) is 5.32 Å². The maximum atomic E-state index is 12.7. The number of nitrogens with zero attached hydrogens (tertiary/aromatic N) is 1. The molecular weight excluding hydrogens is 396 g/mol. The van der Waals surface area contributed by atoms with Crippen molar-refractivity contribution in [2.45, 2.75) is 83.7 Å². The van der Waals surface area contributed by atoms with Crippen molar-refractivity contribution in [2.75, 3.05) is 18.0 Å². The lowest BCUT2D eigenvalue weighted by Crippen LogP contribution is -2.53. The molecule has 7 heteroatoms. The number of anilines is 1. The van der Waals surface area contributed by atoms with E-state index in [1.54, 1.807) is 18.7 Å². The molecule has 0 fully saturated rings. The maximum absolute atomic E-state index is 12.7. The van der Waals surface area contributed by atoms with Gasteiger partial charge < -0.3 is 20.1 Å². The van der Waals surface area contributed by atoms with Crippen molar-refractivity contribution < 1.29 is 24.2 Å². The van der Waals surface area contributed by atoms with Crippen LogP contribution in [0.3, 0.4) is 0 Å². The smallest absolute Gasteiger partial charge is 0.303 e. The summed E-state index contributed by atoms with van der Waals surface area (Å²) < 4.78 is 5.80. The Balaban J connectivity index is 1.58. The Kier molecular flexibility index (Phi) is 9.82. The molecule has 1 aromatic carbocycles. The number of hydrogen-bond acceptors (Lipinski definition) is 4. The maximum Gasteiger partial charge on any atom is 0.303 e. The topological polar surface area (TPSA) is 95.9 Å². The molecule has 1 aliphatic rings. The van der Waals surface area contributed by atoms with Gasteiger partial charge in [-0.25, -0.2) is 0 Å². The number of ether oxygens (including phenoxy) is 1. The normalized spacial score (nSPS) is 14.6. The predicted octanol–water partition coefficient (Wildman–Crippen LogP) is 4.29. The molecule has 0 bridgehead atoms. The average Bonchev–Trinajstić information content (AvgIpc) is 2.72. The highest BCUT2D eigenvalue weighted by molar-refractivity contribution is 6.02. The van der Waals surface area contributed by atoms with Gasteiger partial charge in [-0.2, -0.15) is 0 Å². The Morgan fingerprint density at radius 2 is 1.58 bits per heavy atom. The largest absolute Gasteiger partial charge is 0.481 e. The Labute approximate surface area is 185 Å². The van der Waals surface area contributed by atoms with E-state index in [0.717, 1.165) is 51.4 Å². The fraction of sp³-hybridized carbons (Fsp3) is 0.625. The third kappa shape index (κ3) is 8.23. The zero-order chi connectivity index (χ0) is 22.7. The summed E-state index contributed by atoms with van der Waals surface area (Å²) >= 11 is 0. The van der Waals surface area contributed by atoms with Crippen LogP contribution in [0.1, 0.15) is 78.1 Å². The molecule has 2 amide bonds. The minimum Gasteiger partial charge on any atom is -0.481 e. The Morgan fingerprint density at radius 1 is 0.968 bits per heavy atom. The lowest BCUT2D eigenvalue weighted by molar-refractivity contribution is -0.137. The van der Waals surface area contributed by atoms with Gasteiger partial charge in [0.05, 0.1) is 5.69 Å². The van der Waals surface area contributed by atoms with Gasteiger partial charge in [0.2, 0.25) is 5.91 Å². The third-order valence-electron chi connectivity index (χ3n) is 5.48. The van der Waals surface area contributed by atoms with E-state index >= 15 is 0 Å². The molecule has 2 rings (SSSR count). The number of carbonyl (C=O) groups is 3. The van der Waals surface area contributed by atoms with Crippen molar-refractivity contribution in [2.24, 2.45) is 0 Å². The van der Waals surface area contributed by atoms with Crippen LogP contribution >= 0.6 is 0 Å². The molecule has 0 aromatic heterocycles. The first-order valence-electron chi connectivity index (χ1n) is 11.4. The second-order valence-corrected chi connectivity index (χ2v) is 8.61. The summed E-state index contributed by atoms with van der Waals surface area (Å²) in [6, 6.07) is 7.41. The van der Waals surface area contributed by atoms with Gasteiger partial charge in [0, 0.05) is 25.9 Å². The van der Waals surface area contributed by atoms with Crippen LogP contribution in [0.15, 0.2) is 24.3 Å². The molecule has 0 saturated carbocycles. The second kappa shape index (κ2) is 12.3. The molecule has 7 nitrogen and oxygen atoms in total. The van der Waals surface area contributed by atoms with E-state index in [-0.39, 0.29) is 24.7 Å². The molecule has 1 heterocycles. The lowest BCUT2D eigenvalue weighted by Gasteiger charge is -2.38. The average molecular weight is 433 g/mol. The van der Waals surface area contributed by atoms with Crippen LogP contribution in [0, 0.1) is 0 Å². The van der Waals surface area contributed by atoms with Gasteiger partial charge in [-0.05, 0) is 38.8 Å². The summed E-state index contributed by atoms with van der Waals surface area (Å²) in [5.74, 6) is -0.239. The van der Waals surface area contributed by atoms with E-state index in [1.165, 1.54) is 0 Å². The van der Waals surface area contributed by atoms with Crippen molar-refractivity contribution in [1.82, 2.24) is 5.32 Å². The molecule has 0 unspecified atom stereocenters. The highest BCUT2D eigenvalue weighted by atomic mass is 16.5. The first-order chi connectivity index (χ1) is 14.8. The number of carboxylic acid groups (broad SMARTS) is 1. The summed E-state index contributed by atoms with van der Waals surface area (Å²) in [5.41, 5.74) is -0.233. The quantitative estimate of drug-likeness (QED) is 0.428. The second-order valence-electron chi connectivity index (χ2n) is 8.61. The molecule has 0 atom stereocenters. The summed E-state index contributed by atoms with van der Waals surface area (Å²) in [5, 5.41) is 11.5. The zero-order valence-electron chi connectivity index (χ0n) is 18.8. The predicted molar refractivity (Wildman–Crippen MR) is 120 cm³/mol. The summed E-state index contributed by atoms with van der Waals surface area (Å²) in [7, 11) is 0. The van der Waals surface area contributed by atoms with Gasteiger partial charge in [-0.15, -0.1) is 0 Å². The van der Waals surface area contributed by atoms with E-state index in [0.29, 0.717) is 24.5 Å². The monoisotopic (exact) mass is 432 g/mol. The van der Waals surface area contributed by atoms with Crippen LogP contribution < -0.4 is 15.0 Å². The van der Waals surface area contributed by atoms with Crippen molar-refractivity contribution in [3.05, 3.63) is 24.3 Å². The van der Waals surface area contributed by atoms with Crippen LogP contribution in [-0.2, 0) is 14.4 Å². The molecule has 1 aromatic rings. The molecular formula is C24H36N2O5. The number of para-hydroxylation sites is 2. The van der Waals surface area contributed by atoms with Crippen molar-refractivity contribution in [1.29, 1.82) is 0 Å². The number of unbranched alkanes of at least 4 members (excludes halogenated alkanes) is 7. The highest BCUT2D eigenvalue weighted by Gasteiger charge is 2.40. The van der Waals surface area contributed by atoms with Crippen LogP contribution in [0.2, 0.25) is 0 Å². The highest BCUT2D eigenvalue weighted by Crippen LogP contribution is 2.37. The van der Waals surface area contributed by atoms with E-state index < -0.39 is 11.6 Å². The zero-order valence-corrected chi connectivity index (χ0v) is 18.8. The number of aliphatic carboxylic acids is 1. The van der Waals surface area contributed by atoms with Crippen LogP contribution in [-0.4, -0.2) is 41.6 Å². The number of benzene rings is 1. The molecule has 0 saturated heterocycles. The van der Waals surface area contributed by atoms with E-state index in [9.17, 15) is 14.4 Å². The first kappa shape index (κ1) is 24.7. The van der Waals surface area contributed by atoms with Crippen molar-refractivity contribution >= 4 is 23.5 Å². The van der Waals surface area contributed by atoms with Gasteiger partial charge in [-0.1, -0.05) is 50.7 Å². The number of rotatable bonds is 14. The first-order valence-corrected chi connectivity index (χ1v) is 11.4. The van der Waals surface area contributed by atoms with Gasteiger partial charge in [0.25, 0.3) is 5.91 Å². The summed E-state index contributed by atoms with van der Waals surface area (Å²) in [6.45, 7) is 4.47. The number of amides is 2. The van der Waals surface area contributed by atoms with Crippen LogP contribution in [0.25, 0.3) is 0 Å². The molecule has 0 spiro atoms. The molecule has 1 aliphatic heterocycles. The lowest BCUT2D eigenvalue weighted by atomic mass is 10.0. The molecule has 0 aliphatic carbocycles. The molecule has 0 radical (unpaired) electrons. The molecule has 31 heavy (non-hydrogen) atoms. The fourth-order valence-electron chi connectivity index (χ4n) is 3.73. The van der Waals surface area contributed by atoms with E-state index in [4.69, 9.17) is 9.84 Å². The fourth-order valence-corrected chi connectivity index (χ4v) is 3.73. The summed E-state index contributed by atoms with van der Waals surface area (Å²) in [4.78, 5) is 37.1. The Bertz CT molecular complexity index is 747. The van der Waals surface area contributed by atoms with Gasteiger partial charge in [0.15, 0.2) is 5.60 Å². The number of fused-ring (bicyclic) bond motifs is 1. The van der Waals surface area contributed by atoms with Crippen molar-refractivity contribution in [3.63, 3.8) is 0 Å². The standard InChI is InChI=1S/C24H36N2O5/c1-24(2)23(30)26(19-13-10-11-14-20(19)31-24)18-16-21(27)25-17-12-8-6-4-3-5-7-9-15-22(28)29/h10-11,13-14H,3-9,12,15-18H2,1-2H3,(H,25,27)(H,28,29).